The lowest BCUT2D eigenvalue weighted by Gasteiger charge is -2.24. The Morgan fingerprint density at radius 3 is 2.72 bits per heavy atom. The molecule has 3 heterocycles. The molecular formula is C17H14F3N3OS. The Kier molecular flexibility index (Phi) is 4.09. The number of hydrogen-bond donors (Lipinski definition) is 0. The third-order valence-corrected chi connectivity index (χ3v) is 5.21. The van der Waals surface area contributed by atoms with Crippen LogP contribution in [0.4, 0.5) is 13.2 Å². The van der Waals surface area contributed by atoms with E-state index in [0.717, 1.165) is 31.6 Å². The third-order valence-electron chi connectivity index (χ3n) is 4.18. The Hall–Kier alpha value is -2.19. The monoisotopic (exact) mass is 365 g/mol. The Balaban J connectivity index is 1.46. The lowest BCUT2D eigenvalue weighted by molar-refractivity contribution is -0.137. The molecule has 3 aromatic rings. The maximum Gasteiger partial charge on any atom is 0.416 e. The predicted molar refractivity (Wildman–Crippen MR) is 86.9 cm³/mol. The van der Waals surface area contributed by atoms with Crippen molar-refractivity contribution in [3.63, 3.8) is 0 Å². The highest BCUT2D eigenvalue weighted by atomic mass is 32.1. The number of thiophene rings is 1. The second kappa shape index (κ2) is 6.27. The molecular weight excluding hydrogens is 351 g/mol. The molecule has 0 bridgehead atoms. The van der Waals surface area contributed by atoms with Crippen molar-refractivity contribution < 1.29 is 17.7 Å². The fourth-order valence-electron chi connectivity index (χ4n) is 2.88. The average Bonchev–Trinajstić information content (AvgIpc) is 3.23. The molecule has 0 atom stereocenters. The number of alkyl halides is 3. The van der Waals surface area contributed by atoms with E-state index >= 15 is 0 Å². The van der Waals surface area contributed by atoms with Gasteiger partial charge in [0.25, 0.3) is 0 Å². The van der Waals surface area contributed by atoms with Crippen LogP contribution in [0.25, 0.3) is 11.4 Å². The van der Waals surface area contributed by atoms with Crippen molar-refractivity contribution >= 4 is 11.3 Å². The van der Waals surface area contributed by atoms with Crippen LogP contribution in [0.3, 0.4) is 0 Å². The van der Waals surface area contributed by atoms with Gasteiger partial charge in [0.1, 0.15) is 0 Å². The van der Waals surface area contributed by atoms with E-state index in [-0.39, 0.29) is 0 Å². The van der Waals surface area contributed by atoms with Crippen LogP contribution >= 0.6 is 11.3 Å². The first kappa shape index (κ1) is 16.3. The fourth-order valence-corrected chi connectivity index (χ4v) is 3.77. The van der Waals surface area contributed by atoms with Crippen LogP contribution < -0.4 is 0 Å². The van der Waals surface area contributed by atoms with Gasteiger partial charge in [-0.1, -0.05) is 17.3 Å². The van der Waals surface area contributed by atoms with Gasteiger partial charge in [-0.3, -0.25) is 4.90 Å². The highest BCUT2D eigenvalue weighted by molar-refractivity contribution is 7.10. The summed E-state index contributed by atoms with van der Waals surface area (Å²) in [5.41, 5.74) is 1.14. The Labute approximate surface area is 145 Å². The summed E-state index contributed by atoms with van der Waals surface area (Å²) in [5, 5.41) is 5.99. The van der Waals surface area contributed by atoms with Crippen LogP contribution in [0, 0.1) is 0 Å². The summed E-state index contributed by atoms with van der Waals surface area (Å²) in [7, 11) is 0. The van der Waals surface area contributed by atoms with E-state index in [1.54, 1.807) is 11.3 Å². The highest BCUT2D eigenvalue weighted by Gasteiger charge is 2.30. The van der Waals surface area contributed by atoms with Gasteiger partial charge in [0.15, 0.2) is 0 Å². The Morgan fingerprint density at radius 2 is 1.96 bits per heavy atom. The highest BCUT2D eigenvalue weighted by Crippen LogP contribution is 2.30. The molecule has 1 aliphatic heterocycles. The van der Waals surface area contributed by atoms with Crippen molar-refractivity contribution in [2.24, 2.45) is 0 Å². The minimum absolute atomic E-state index is 0.303. The van der Waals surface area contributed by atoms with Crippen molar-refractivity contribution in [1.82, 2.24) is 15.0 Å². The van der Waals surface area contributed by atoms with Crippen molar-refractivity contribution in [2.45, 2.75) is 25.7 Å². The predicted octanol–water partition coefficient (Wildman–Crippen LogP) is 4.38. The van der Waals surface area contributed by atoms with E-state index in [0.29, 0.717) is 23.8 Å². The lowest BCUT2D eigenvalue weighted by atomic mass is 10.1. The molecule has 4 nitrogen and oxygen atoms in total. The molecule has 0 saturated carbocycles. The van der Waals surface area contributed by atoms with Gasteiger partial charge in [-0.15, -0.1) is 11.3 Å². The molecule has 0 amide bonds. The molecule has 0 spiro atoms. The molecule has 0 unspecified atom stereocenters. The summed E-state index contributed by atoms with van der Waals surface area (Å²) >= 11 is 1.78. The quantitative estimate of drug-likeness (QED) is 0.691. The van der Waals surface area contributed by atoms with E-state index in [9.17, 15) is 13.2 Å². The molecule has 130 valence electrons. The lowest BCUT2D eigenvalue weighted by Crippen LogP contribution is -2.29. The zero-order valence-electron chi connectivity index (χ0n) is 13.1. The van der Waals surface area contributed by atoms with Gasteiger partial charge in [0.2, 0.25) is 11.7 Å². The van der Waals surface area contributed by atoms with Gasteiger partial charge in [-0.25, -0.2) is 0 Å². The number of halogens is 3. The van der Waals surface area contributed by atoms with Crippen molar-refractivity contribution in [1.29, 1.82) is 0 Å². The Bertz CT molecular complexity index is 870. The maximum absolute atomic E-state index is 12.6. The molecule has 4 rings (SSSR count). The molecule has 0 fully saturated rings. The summed E-state index contributed by atoms with van der Waals surface area (Å²) in [4.78, 5) is 7.96. The van der Waals surface area contributed by atoms with Gasteiger partial charge < -0.3 is 4.52 Å². The van der Waals surface area contributed by atoms with Crippen LogP contribution in [0.15, 0.2) is 40.2 Å². The van der Waals surface area contributed by atoms with Crippen LogP contribution in [0.1, 0.15) is 21.9 Å². The van der Waals surface area contributed by atoms with Gasteiger partial charge in [0.05, 0.1) is 12.1 Å². The zero-order valence-corrected chi connectivity index (χ0v) is 13.9. The van der Waals surface area contributed by atoms with Gasteiger partial charge in [-0.2, -0.15) is 18.2 Å². The minimum atomic E-state index is -4.35. The van der Waals surface area contributed by atoms with E-state index in [2.05, 4.69) is 26.5 Å². The van der Waals surface area contributed by atoms with Gasteiger partial charge in [0, 0.05) is 23.5 Å². The zero-order chi connectivity index (χ0) is 17.4. The van der Waals surface area contributed by atoms with Crippen LogP contribution in [-0.4, -0.2) is 21.6 Å². The molecule has 0 radical (unpaired) electrons. The van der Waals surface area contributed by atoms with E-state index in [4.69, 9.17) is 4.52 Å². The second-order valence-electron chi connectivity index (χ2n) is 5.92. The molecule has 0 N–H and O–H groups in total. The number of hydrogen-bond acceptors (Lipinski definition) is 5. The third kappa shape index (κ3) is 3.45. The van der Waals surface area contributed by atoms with Crippen molar-refractivity contribution in [3.8, 4) is 11.4 Å². The molecule has 2 aromatic heterocycles. The van der Waals surface area contributed by atoms with Gasteiger partial charge in [-0.05, 0) is 35.6 Å². The number of benzene rings is 1. The molecule has 0 aliphatic carbocycles. The summed E-state index contributed by atoms with van der Waals surface area (Å²) in [6.45, 7) is 2.30. The Morgan fingerprint density at radius 1 is 1.16 bits per heavy atom. The first-order chi connectivity index (χ1) is 12.0. The van der Waals surface area contributed by atoms with E-state index in [1.807, 2.05) is 0 Å². The summed E-state index contributed by atoms with van der Waals surface area (Å²) < 4.78 is 43.1. The number of fused-ring (bicyclic) bond motifs is 1. The maximum atomic E-state index is 12.6. The number of nitrogens with zero attached hydrogens (tertiary/aromatic N) is 3. The molecule has 1 aliphatic rings. The van der Waals surface area contributed by atoms with Crippen LogP contribution in [0.2, 0.25) is 0 Å². The van der Waals surface area contributed by atoms with Crippen molar-refractivity contribution in [3.05, 3.63) is 57.6 Å². The summed E-state index contributed by atoms with van der Waals surface area (Å²) in [6.07, 6.45) is -3.34. The first-order valence-electron chi connectivity index (χ1n) is 7.77. The normalized spacial score (nSPS) is 15.3. The number of rotatable bonds is 3. The largest absolute Gasteiger partial charge is 0.416 e. The van der Waals surface area contributed by atoms with Crippen molar-refractivity contribution in [2.75, 3.05) is 6.54 Å². The molecule has 8 heteroatoms. The van der Waals surface area contributed by atoms with Gasteiger partial charge >= 0.3 is 6.18 Å². The summed E-state index contributed by atoms with van der Waals surface area (Å²) in [5.74, 6) is 0.769. The smallest absolute Gasteiger partial charge is 0.338 e. The van der Waals surface area contributed by atoms with E-state index in [1.165, 1.54) is 22.6 Å². The SMILES string of the molecule is FC(F)(F)c1ccc(-c2noc(CN3CCc4sccc4C3)n2)cc1. The standard InChI is InChI=1S/C17H14F3N3OS/c18-17(19,20)13-3-1-11(2-4-13)16-21-15(24-22-16)10-23-7-5-14-12(9-23)6-8-25-14/h1-4,6,8H,5,7,9-10H2. The number of aromatic nitrogens is 2. The molecule has 1 aromatic carbocycles. The van der Waals surface area contributed by atoms with Crippen LogP contribution in [0.5, 0.6) is 0 Å². The average molecular weight is 365 g/mol. The fraction of sp³-hybridized carbons (Fsp3) is 0.294. The molecule has 0 saturated heterocycles. The topological polar surface area (TPSA) is 42.2 Å². The van der Waals surface area contributed by atoms with E-state index < -0.39 is 11.7 Å². The second-order valence-corrected chi connectivity index (χ2v) is 6.92. The minimum Gasteiger partial charge on any atom is -0.338 e. The van der Waals surface area contributed by atoms with Crippen LogP contribution in [-0.2, 0) is 25.7 Å². The summed E-state index contributed by atoms with van der Waals surface area (Å²) in [6, 6.07) is 6.89. The molecule has 25 heavy (non-hydrogen) atoms. The first-order valence-corrected chi connectivity index (χ1v) is 8.65.